The molecule has 3 N–H and O–H groups in total. The van der Waals surface area contributed by atoms with Crippen molar-refractivity contribution < 1.29 is 9.59 Å². The first kappa shape index (κ1) is 16.5. The average Bonchev–Trinajstić information content (AvgIpc) is 3.05. The molecule has 3 rings (SSSR count). The monoisotopic (exact) mass is 333 g/mol. The van der Waals surface area contributed by atoms with Crippen molar-refractivity contribution in [2.45, 2.75) is 6.92 Å². The number of likely N-dealkylation sites (N-methyl/N-ethyl adjacent to an activating group) is 1. The smallest absolute Gasteiger partial charge is 0.267 e. The molecule has 0 saturated heterocycles. The maximum absolute atomic E-state index is 12.4. The van der Waals surface area contributed by atoms with E-state index in [2.05, 4.69) is 15.6 Å². The summed E-state index contributed by atoms with van der Waals surface area (Å²) < 4.78 is 0. The number of benzene rings is 2. The van der Waals surface area contributed by atoms with Crippen molar-refractivity contribution in [2.75, 3.05) is 6.54 Å². The quantitative estimate of drug-likeness (QED) is 0.628. The van der Waals surface area contributed by atoms with Gasteiger partial charge in [0.05, 0.1) is 0 Å². The lowest BCUT2D eigenvalue weighted by Crippen LogP contribution is -2.34. The van der Waals surface area contributed by atoms with Crippen LogP contribution in [0.25, 0.3) is 17.0 Å². The van der Waals surface area contributed by atoms with E-state index >= 15 is 0 Å². The molecule has 0 radical (unpaired) electrons. The summed E-state index contributed by atoms with van der Waals surface area (Å²) in [5.74, 6) is -0.644. The van der Waals surface area contributed by atoms with Crippen LogP contribution >= 0.6 is 0 Å². The third-order valence-electron chi connectivity index (χ3n) is 3.79. The highest BCUT2D eigenvalue weighted by atomic mass is 16.2. The molecule has 0 unspecified atom stereocenters. The number of carbonyl (C=O) groups is 2. The van der Waals surface area contributed by atoms with Gasteiger partial charge < -0.3 is 15.6 Å². The van der Waals surface area contributed by atoms with Gasteiger partial charge in [-0.05, 0) is 31.2 Å². The predicted octanol–water partition coefficient (Wildman–Crippen LogP) is 3.07. The van der Waals surface area contributed by atoms with Crippen molar-refractivity contribution in [3.63, 3.8) is 0 Å². The van der Waals surface area contributed by atoms with Gasteiger partial charge in [0, 0.05) is 34.8 Å². The molecule has 126 valence electrons. The van der Waals surface area contributed by atoms with Crippen molar-refractivity contribution in [3.8, 4) is 0 Å². The number of carbonyl (C=O) groups excluding carboxylic acids is 2. The summed E-state index contributed by atoms with van der Waals surface area (Å²) in [6, 6.07) is 16.6. The highest BCUT2D eigenvalue weighted by Crippen LogP contribution is 2.20. The van der Waals surface area contributed by atoms with Gasteiger partial charge in [-0.1, -0.05) is 36.4 Å². The zero-order chi connectivity index (χ0) is 17.6. The number of hydrogen-bond acceptors (Lipinski definition) is 2. The van der Waals surface area contributed by atoms with E-state index in [9.17, 15) is 9.59 Å². The normalized spacial score (nSPS) is 11.3. The van der Waals surface area contributed by atoms with E-state index in [1.165, 1.54) is 0 Å². The molecule has 2 amide bonds. The lowest BCUT2D eigenvalue weighted by molar-refractivity contribution is -0.117. The average molecular weight is 333 g/mol. The summed E-state index contributed by atoms with van der Waals surface area (Å²) >= 11 is 0. The Morgan fingerprint density at radius 1 is 1.04 bits per heavy atom. The molecular weight excluding hydrogens is 314 g/mol. The van der Waals surface area contributed by atoms with Crippen molar-refractivity contribution in [1.82, 2.24) is 15.6 Å². The number of rotatable bonds is 5. The molecule has 0 spiro atoms. The summed E-state index contributed by atoms with van der Waals surface area (Å²) in [5.41, 5.74) is 2.51. The highest BCUT2D eigenvalue weighted by molar-refractivity contribution is 6.06. The molecule has 0 aliphatic heterocycles. The van der Waals surface area contributed by atoms with E-state index in [0.717, 1.165) is 16.5 Å². The van der Waals surface area contributed by atoms with E-state index in [0.29, 0.717) is 12.1 Å². The molecule has 3 aromatic rings. The van der Waals surface area contributed by atoms with Crippen molar-refractivity contribution >= 4 is 28.8 Å². The third-order valence-corrected chi connectivity index (χ3v) is 3.79. The Morgan fingerprint density at radius 2 is 1.76 bits per heavy atom. The molecule has 2 aromatic carbocycles. The molecule has 25 heavy (non-hydrogen) atoms. The summed E-state index contributed by atoms with van der Waals surface area (Å²) in [6.45, 7) is 2.31. The first-order chi connectivity index (χ1) is 12.2. The summed E-state index contributed by atoms with van der Waals surface area (Å²) in [6.07, 6.45) is 3.50. The van der Waals surface area contributed by atoms with Gasteiger partial charge in [0.15, 0.2) is 0 Å². The largest absolute Gasteiger partial charge is 0.361 e. The van der Waals surface area contributed by atoms with Crippen LogP contribution in [-0.2, 0) is 4.79 Å². The van der Waals surface area contributed by atoms with Crippen LogP contribution in [0.4, 0.5) is 0 Å². The van der Waals surface area contributed by atoms with Gasteiger partial charge >= 0.3 is 0 Å². The minimum Gasteiger partial charge on any atom is -0.361 e. The van der Waals surface area contributed by atoms with Gasteiger partial charge in [0.25, 0.3) is 11.8 Å². The summed E-state index contributed by atoms with van der Waals surface area (Å²) in [5, 5.41) is 6.43. The van der Waals surface area contributed by atoms with Crippen molar-refractivity contribution in [2.24, 2.45) is 0 Å². The van der Waals surface area contributed by atoms with Crippen molar-refractivity contribution in [3.05, 3.63) is 77.6 Å². The van der Waals surface area contributed by atoms with Gasteiger partial charge in [0.1, 0.15) is 5.70 Å². The number of H-pyrrole nitrogens is 1. The molecule has 0 bridgehead atoms. The molecule has 5 heteroatoms. The Morgan fingerprint density at radius 3 is 2.52 bits per heavy atom. The van der Waals surface area contributed by atoms with Gasteiger partial charge in [-0.2, -0.15) is 0 Å². The highest BCUT2D eigenvalue weighted by Gasteiger charge is 2.14. The number of aromatic amines is 1. The zero-order valence-corrected chi connectivity index (χ0v) is 13.9. The molecule has 1 heterocycles. The molecule has 0 aliphatic rings. The van der Waals surface area contributed by atoms with Gasteiger partial charge in [-0.25, -0.2) is 0 Å². The molecule has 0 aliphatic carbocycles. The van der Waals surface area contributed by atoms with Crippen LogP contribution in [0.1, 0.15) is 22.8 Å². The van der Waals surface area contributed by atoms with Crippen LogP contribution in [-0.4, -0.2) is 23.3 Å². The first-order valence-electron chi connectivity index (χ1n) is 8.11. The fourth-order valence-electron chi connectivity index (χ4n) is 2.57. The van der Waals surface area contributed by atoms with Crippen molar-refractivity contribution in [1.29, 1.82) is 0 Å². The standard InChI is InChI=1S/C20H19N3O2/c1-2-21-20(25)18(23-19(24)14-8-4-3-5-9-14)12-15-13-22-17-11-7-6-10-16(15)17/h3-13,22H,2H2,1H3,(H,21,25)(H,23,24)/b18-12+. The lowest BCUT2D eigenvalue weighted by Gasteiger charge is -2.10. The van der Waals surface area contributed by atoms with E-state index in [1.807, 2.05) is 43.5 Å². The number of para-hydroxylation sites is 1. The van der Waals surface area contributed by atoms with Gasteiger partial charge in [-0.3, -0.25) is 9.59 Å². The maximum Gasteiger partial charge on any atom is 0.267 e. The third kappa shape index (κ3) is 3.77. The lowest BCUT2D eigenvalue weighted by atomic mass is 10.1. The number of aromatic nitrogens is 1. The van der Waals surface area contributed by atoms with Crippen LogP contribution < -0.4 is 10.6 Å². The Labute approximate surface area is 145 Å². The van der Waals surface area contributed by atoms with Crippen LogP contribution in [0.15, 0.2) is 66.5 Å². The topological polar surface area (TPSA) is 74.0 Å². The zero-order valence-electron chi connectivity index (χ0n) is 13.9. The molecule has 0 fully saturated rings. The molecule has 5 nitrogen and oxygen atoms in total. The van der Waals surface area contributed by atoms with Crippen LogP contribution in [0.5, 0.6) is 0 Å². The fraction of sp³-hybridized carbons (Fsp3) is 0.100. The predicted molar refractivity (Wildman–Crippen MR) is 98.9 cm³/mol. The van der Waals surface area contributed by atoms with E-state index in [4.69, 9.17) is 0 Å². The number of fused-ring (bicyclic) bond motifs is 1. The molecule has 0 saturated carbocycles. The fourth-order valence-corrected chi connectivity index (χ4v) is 2.57. The first-order valence-corrected chi connectivity index (χ1v) is 8.11. The Hall–Kier alpha value is -3.34. The molecule has 1 aromatic heterocycles. The summed E-state index contributed by atoms with van der Waals surface area (Å²) in [7, 11) is 0. The molecule has 0 atom stereocenters. The number of nitrogens with one attached hydrogen (secondary N) is 3. The maximum atomic E-state index is 12.4. The van der Waals surface area contributed by atoms with Crippen LogP contribution in [0.2, 0.25) is 0 Å². The second-order valence-electron chi connectivity index (χ2n) is 5.53. The second-order valence-corrected chi connectivity index (χ2v) is 5.53. The Bertz CT molecular complexity index is 926. The van der Waals surface area contributed by atoms with Gasteiger partial charge in [0.2, 0.25) is 0 Å². The van der Waals surface area contributed by atoms with E-state index in [1.54, 1.807) is 30.3 Å². The number of amides is 2. The minimum absolute atomic E-state index is 0.209. The minimum atomic E-state index is -0.322. The van der Waals surface area contributed by atoms with Crippen LogP contribution in [0.3, 0.4) is 0 Å². The molecular formula is C20H19N3O2. The number of hydrogen-bond donors (Lipinski definition) is 3. The Balaban J connectivity index is 1.94. The summed E-state index contributed by atoms with van der Waals surface area (Å²) in [4.78, 5) is 27.9. The Kier molecular flexibility index (Phi) is 4.95. The second kappa shape index (κ2) is 7.49. The SMILES string of the molecule is CCNC(=O)/C(=C\c1c[nH]c2ccccc12)NC(=O)c1ccccc1. The van der Waals surface area contributed by atoms with E-state index in [-0.39, 0.29) is 17.5 Å². The van der Waals surface area contributed by atoms with Gasteiger partial charge in [-0.15, -0.1) is 0 Å². The van der Waals surface area contributed by atoms with Crippen LogP contribution in [0, 0.1) is 0 Å². The van der Waals surface area contributed by atoms with E-state index < -0.39 is 0 Å².